The third-order valence-corrected chi connectivity index (χ3v) is 1.18. The molecule has 1 heterocycles. The highest BCUT2D eigenvalue weighted by atomic mass is 19.3. The Morgan fingerprint density at radius 2 is 2.23 bits per heavy atom. The van der Waals surface area contributed by atoms with E-state index in [0.717, 1.165) is 6.20 Å². The van der Waals surface area contributed by atoms with Crippen LogP contribution in [0.1, 0.15) is 10.5 Å². The van der Waals surface area contributed by atoms with Crippen molar-refractivity contribution in [1.29, 1.82) is 0 Å². The van der Waals surface area contributed by atoms with E-state index in [1.54, 1.807) is 0 Å². The minimum Gasteiger partial charge on any atom is -0.430 e. The molecule has 6 heteroatoms. The molecule has 1 aromatic rings. The fourth-order valence-electron chi connectivity index (χ4n) is 0.680. The summed E-state index contributed by atoms with van der Waals surface area (Å²) >= 11 is 0. The van der Waals surface area contributed by atoms with Crippen molar-refractivity contribution in [3.05, 3.63) is 23.8 Å². The first kappa shape index (κ1) is 9.50. The molecule has 0 aliphatic carbocycles. The van der Waals surface area contributed by atoms with E-state index in [0.29, 0.717) is 12.4 Å². The summed E-state index contributed by atoms with van der Waals surface area (Å²) in [5, 5.41) is 0. The van der Waals surface area contributed by atoms with Crippen molar-refractivity contribution >= 4 is 6.29 Å². The van der Waals surface area contributed by atoms with E-state index in [1.807, 2.05) is 0 Å². The third kappa shape index (κ3) is 2.43. The van der Waals surface area contributed by atoms with Crippen LogP contribution < -0.4 is 4.74 Å². The second-order valence-corrected chi connectivity index (χ2v) is 2.04. The highest BCUT2D eigenvalue weighted by molar-refractivity contribution is 5.71. The summed E-state index contributed by atoms with van der Waals surface area (Å²) in [6.07, 6.45) is 1.03. The highest BCUT2D eigenvalue weighted by Crippen LogP contribution is 2.17. The van der Waals surface area contributed by atoms with Gasteiger partial charge in [-0.2, -0.15) is 8.78 Å². The number of pyridine rings is 1. The quantitative estimate of drug-likeness (QED) is 0.681. The number of alkyl halides is 2. The molecule has 0 radical (unpaired) electrons. The Balaban J connectivity index is 2.91. The molecule has 0 spiro atoms. The molecule has 0 saturated heterocycles. The first-order valence-corrected chi connectivity index (χ1v) is 3.19. The van der Waals surface area contributed by atoms with Crippen LogP contribution in [0.5, 0.6) is 5.75 Å². The minimum absolute atomic E-state index is 0.181. The zero-order valence-corrected chi connectivity index (χ0v) is 6.21. The molecule has 0 unspecified atom stereocenters. The van der Waals surface area contributed by atoms with Gasteiger partial charge in [-0.1, -0.05) is 0 Å². The molecule has 0 N–H and O–H groups in total. The van der Waals surface area contributed by atoms with Crippen LogP contribution >= 0.6 is 0 Å². The van der Waals surface area contributed by atoms with Crippen LogP contribution in [0.4, 0.5) is 13.2 Å². The first-order valence-electron chi connectivity index (χ1n) is 3.19. The molecule has 0 aliphatic heterocycles. The molecule has 3 nitrogen and oxygen atoms in total. The average Bonchev–Trinajstić information content (AvgIpc) is 2.08. The van der Waals surface area contributed by atoms with E-state index in [4.69, 9.17) is 0 Å². The second-order valence-electron chi connectivity index (χ2n) is 2.04. The van der Waals surface area contributed by atoms with Gasteiger partial charge >= 0.3 is 6.61 Å². The Kier molecular flexibility index (Phi) is 2.84. The van der Waals surface area contributed by atoms with Gasteiger partial charge in [-0.25, -0.2) is 9.37 Å². The standard InChI is InChI=1S/C7H4F3NO2/c8-5-1-4(3-12)11-2-6(5)13-7(9)10/h1-3,7H. The zero-order chi connectivity index (χ0) is 9.84. The SMILES string of the molecule is O=Cc1cc(F)c(OC(F)F)cn1. The molecule has 0 fully saturated rings. The fourth-order valence-corrected chi connectivity index (χ4v) is 0.680. The summed E-state index contributed by atoms with van der Waals surface area (Å²) < 4.78 is 39.7. The number of aldehydes is 1. The van der Waals surface area contributed by atoms with E-state index in [9.17, 15) is 18.0 Å². The second kappa shape index (κ2) is 3.88. The Morgan fingerprint density at radius 3 is 2.69 bits per heavy atom. The predicted octanol–water partition coefficient (Wildman–Crippen LogP) is 1.63. The summed E-state index contributed by atoms with van der Waals surface area (Å²) in [7, 11) is 0. The van der Waals surface area contributed by atoms with Crippen molar-refractivity contribution in [1.82, 2.24) is 4.98 Å². The number of hydrogen-bond acceptors (Lipinski definition) is 3. The number of rotatable bonds is 3. The monoisotopic (exact) mass is 191 g/mol. The van der Waals surface area contributed by atoms with Crippen molar-refractivity contribution < 1.29 is 22.7 Å². The van der Waals surface area contributed by atoms with Crippen LogP contribution in [0, 0.1) is 5.82 Å². The molecule has 0 amide bonds. The van der Waals surface area contributed by atoms with Gasteiger partial charge in [-0.15, -0.1) is 0 Å². The summed E-state index contributed by atoms with van der Waals surface area (Å²) in [5.41, 5.74) is -0.181. The molecular formula is C7H4F3NO2. The lowest BCUT2D eigenvalue weighted by atomic mass is 10.3. The fraction of sp³-hybridized carbons (Fsp3) is 0.143. The average molecular weight is 191 g/mol. The summed E-state index contributed by atoms with van der Waals surface area (Å²) in [4.78, 5) is 13.4. The number of ether oxygens (including phenoxy) is 1. The van der Waals surface area contributed by atoms with Crippen molar-refractivity contribution in [2.24, 2.45) is 0 Å². The molecular weight excluding hydrogens is 187 g/mol. The molecule has 1 rings (SSSR count). The maximum Gasteiger partial charge on any atom is 0.387 e. The van der Waals surface area contributed by atoms with Crippen LogP contribution in [-0.2, 0) is 0 Å². The van der Waals surface area contributed by atoms with E-state index in [1.165, 1.54) is 0 Å². The lowest BCUT2D eigenvalue weighted by Crippen LogP contribution is -2.04. The van der Waals surface area contributed by atoms with Crippen molar-refractivity contribution in [3.8, 4) is 5.75 Å². The van der Waals surface area contributed by atoms with Crippen molar-refractivity contribution in [2.45, 2.75) is 6.61 Å². The highest BCUT2D eigenvalue weighted by Gasteiger charge is 2.10. The number of hydrogen-bond donors (Lipinski definition) is 0. The third-order valence-electron chi connectivity index (χ3n) is 1.18. The van der Waals surface area contributed by atoms with Gasteiger partial charge in [0.15, 0.2) is 17.9 Å². The van der Waals surface area contributed by atoms with Crippen molar-refractivity contribution in [2.75, 3.05) is 0 Å². The molecule has 13 heavy (non-hydrogen) atoms. The summed E-state index contributed by atoms with van der Waals surface area (Å²) in [5.74, 6) is -1.72. The van der Waals surface area contributed by atoms with Gasteiger partial charge < -0.3 is 4.74 Å². The van der Waals surface area contributed by atoms with Gasteiger partial charge in [-0.05, 0) is 0 Å². The molecule has 1 aromatic heterocycles. The van der Waals surface area contributed by atoms with E-state index >= 15 is 0 Å². The molecule has 0 saturated carbocycles. The topological polar surface area (TPSA) is 39.2 Å². The number of nitrogens with zero attached hydrogens (tertiary/aromatic N) is 1. The normalized spacial score (nSPS) is 10.2. The Morgan fingerprint density at radius 1 is 1.54 bits per heavy atom. The first-order chi connectivity index (χ1) is 6.13. The van der Waals surface area contributed by atoms with E-state index < -0.39 is 18.2 Å². The van der Waals surface area contributed by atoms with Gasteiger partial charge in [-0.3, -0.25) is 4.79 Å². The zero-order valence-electron chi connectivity index (χ0n) is 6.21. The molecule has 0 atom stereocenters. The summed E-state index contributed by atoms with van der Waals surface area (Å²) in [6.45, 7) is -3.11. The van der Waals surface area contributed by atoms with Crippen LogP contribution in [0.15, 0.2) is 12.3 Å². The maximum atomic E-state index is 12.7. The molecule has 0 aliphatic rings. The van der Waals surface area contributed by atoms with Crippen LogP contribution in [-0.4, -0.2) is 17.9 Å². The number of halogens is 3. The minimum atomic E-state index is -3.11. The van der Waals surface area contributed by atoms with Gasteiger partial charge in [0, 0.05) is 6.07 Å². The van der Waals surface area contributed by atoms with Crippen LogP contribution in [0.25, 0.3) is 0 Å². The van der Waals surface area contributed by atoms with E-state index in [2.05, 4.69) is 9.72 Å². The Bertz CT molecular complexity index is 317. The van der Waals surface area contributed by atoms with Crippen LogP contribution in [0.2, 0.25) is 0 Å². The number of carbonyl (C=O) groups is 1. The van der Waals surface area contributed by atoms with Gasteiger partial charge in [0.2, 0.25) is 0 Å². The maximum absolute atomic E-state index is 12.7. The Labute approximate surface area is 71.2 Å². The van der Waals surface area contributed by atoms with Gasteiger partial charge in [0.05, 0.1) is 6.20 Å². The summed E-state index contributed by atoms with van der Waals surface area (Å²) in [6, 6.07) is 0.713. The van der Waals surface area contributed by atoms with Gasteiger partial charge in [0.1, 0.15) is 5.69 Å². The van der Waals surface area contributed by atoms with Gasteiger partial charge in [0.25, 0.3) is 0 Å². The largest absolute Gasteiger partial charge is 0.430 e. The smallest absolute Gasteiger partial charge is 0.387 e. The number of carbonyl (C=O) groups excluding carboxylic acids is 1. The molecule has 70 valence electrons. The van der Waals surface area contributed by atoms with Crippen LogP contribution in [0.3, 0.4) is 0 Å². The lowest BCUT2D eigenvalue weighted by Gasteiger charge is -2.04. The molecule has 0 aromatic carbocycles. The lowest BCUT2D eigenvalue weighted by molar-refractivity contribution is -0.0524. The Hall–Kier alpha value is -1.59. The predicted molar refractivity (Wildman–Crippen MR) is 36.2 cm³/mol. The van der Waals surface area contributed by atoms with Crippen molar-refractivity contribution in [3.63, 3.8) is 0 Å². The number of aromatic nitrogens is 1. The van der Waals surface area contributed by atoms with E-state index in [-0.39, 0.29) is 5.69 Å². The molecule has 0 bridgehead atoms.